The number of anilines is 1. The molecule has 3 N–H and O–H groups in total. The third kappa shape index (κ3) is 6.65. The van der Waals surface area contributed by atoms with E-state index in [1.165, 1.54) is 38.1 Å². The second-order valence-electron chi connectivity index (χ2n) is 9.51. The van der Waals surface area contributed by atoms with Crippen LogP contribution in [0.5, 0.6) is 11.5 Å². The fourth-order valence-corrected chi connectivity index (χ4v) is 5.20. The van der Waals surface area contributed by atoms with E-state index in [0.29, 0.717) is 22.7 Å². The van der Waals surface area contributed by atoms with Crippen molar-refractivity contribution in [1.29, 1.82) is 0 Å². The lowest BCUT2D eigenvalue weighted by Gasteiger charge is -2.25. The number of nitrogens with zero attached hydrogens (tertiary/aromatic N) is 6. The first-order valence-corrected chi connectivity index (χ1v) is 14.4. The Bertz CT molecular complexity index is 1590. The van der Waals surface area contributed by atoms with Gasteiger partial charge in [-0.1, -0.05) is 6.07 Å². The van der Waals surface area contributed by atoms with Crippen LogP contribution in [-0.2, 0) is 14.8 Å². The maximum absolute atomic E-state index is 13.9. The van der Waals surface area contributed by atoms with Crippen LogP contribution in [0.1, 0.15) is 30.0 Å². The quantitative estimate of drug-likeness (QED) is 0.203. The summed E-state index contributed by atoms with van der Waals surface area (Å²) in [6.45, 7) is 4.15. The molecule has 42 heavy (non-hydrogen) atoms. The molecule has 0 spiro atoms. The van der Waals surface area contributed by atoms with Gasteiger partial charge in [-0.15, -0.1) is 10.2 Å². The van der Waals surface area contributed by atoms with Crippen LogP contribution >= 0.6 is 0 Å². The molecule has 0 saturated carbocycles. The highest BCUT2D eigenvalue weighted by atomic mass is 32.2. The van der Waals surface area contributed by atoms with Gasteiger partial charge in [0.1, 0.15) is 34.6 Å². The summed E-state index contributed by atoms with van der Waals surface area (Å²) in [5.41, 5.74) is 2.54. The molecule has 0 aliphatic rings. The molecular weight excluding hydrogens is 566 g/mol. The highest BCUT2D eigenvalue weighted by Gasteiger charge is 2.36. The van der Waals surface area contributed by atoms with Crippen LogP contribution in [0.15, 0.2) is 49.1 Å². The molecule has 0 bridgehead atoms. The lowest BCUT2D eigenvalue weighted by Crippen LogP contribution is -2.35. The van der Waals surface area contributed by atoms with Crippen LogP contribution in [0.2, 0.25) is 0 Å². The van der Waals surface area contributed by atoms with Crippen molar-refractivity contribution in [2.75, 3.05) is 32.2 Å². The van der Waals surface area contributed by atoms with E-state index in [2.05, 4.69) is 29.9 Å². The van der Waals surface area contributed by atoms with Crippen LogP contribution in [0.4, 0.5) is 5.95 Å². The Balaban J connectivity index is 1.82. The maximum atomic E-state index is 13.9. The predicted octanol–water partition coefficient (Wildman–Crippen LogP) is 1.99. The summed E-state index contributed by atoms with van der Waals surface area (Å²) in [4.78, 5) is 12.7. The zero-order chi connectivity index (χ0) is 30.4. The number of methoxy groups -OCH3 is 2. The molecule has 3 heterocycles. The second-order valence-corrected chi connectivity index (χ2v) is 11.5. The van der Waals surface area contributed by atoms with Gasteiger partial charge in [-0.25, -0.2) is 18.4 Å². The van der Waals surface area contributed by atoms with Crippen molar-refractivity contribution in [3.63, 3.8) is 0 Å². The minimum absolute atomic E-state index is 0.0861. The van der Waals surface area contributed by atoms with Gasteiger partial charge in [0.05, 0.1) is 27.4 Å². The number of aliphatic hydroxyl groups is 2. The molecular formula is C27H33N7O7S. The number of nitrogens with one attached hydrogen (secondary N) is 1. The molecule has 224 valence electrons. The summed E-state index contributed by atoms with van der Waals surface area (Å²) < 4.78 is 48.7. The zero-order valence-corrected chi connectivity index (χ0v) is 24.6. The molecule has 3 aromatic heterocycles. The van der Waals surface area contributed by atoms with Crippen LogP contribution in [0.25, 0.3) is 17.1 Å². The summed E-state index contributed by atoms with van der Waals surface area (Å²) in [6, 6.07) is 6.96. The van der Waals surface area contributed by atoms with Crippen molar-refractivity contribution in [2.24, 2.45) is 0 Å². The van der Waals surface area contributed by atoms with Crippen LogP contribution in [-0.4, -0.2) is 87.1 Å². The van der Waals surface area contributed by atoms with E-state index in [-0.39, 0.29) is 24.2 Å². The van der Waals surface area contributed by atoms with Crippen LogP contribution < -0.4 is 14.2 Å². The van der Waals surface area contributed by atoms with Gasteiger partial charge < -0.3 is 24.4 Å². The number of sulfonamides is 1. The number of hydrogen-bond donors (Lipinski definition) is 3. The van der Waals surface area contributed by atoms with Gasteiger partial charge in [-0.2, -0.15) is 0 Å². The molecule has 14 nitrogen and oxygen atoms in total. The molecule has 0 fully saturated rings. The van der Waals surface area contributed by atoms with Gasteiger partial charge in [0, 0.05) is 30.4 Å². The number of pyridine rings is 1. The summed E-state index contributed by atoms with van der Waals surface area (Å²) in [6.07, 6.45) is 3.89. The Morgan fingerprint density at radius 3 is 2.26 bits per heavy atom. The summed E-state index contributed by atoms with van der Waals surface area (Å²) in [5, 5.41) is 26.3. The largest absolute Gasteiger partial charge is 0.494 e. The lowest BCUT2D eigenvalue weighted by molar-refractivity contribution is -0.0324. The van der Waals surface area contributed by atoms with Crippen molar-refractivity contribution >= 4 is 16.0 Å². The molecule has 3 atom stereocenters. The third-order valence-corrected chi connectivity index (χ3v) is 8.00. The first-order chi connectivity index (χ1) is 20.1. The number of aromatic nitrogens is 6. The number of hydrogen-bond acceptors (Lipinski definition) is 12. The molecule has 1 aromatic carbocycles. The minimum Gasteiger partial charge on any atom is -0.494 e. The Hall–Kier alpha value is -4.18. The van der Waals surface area contributed by atoms with Crippen LogP contribution in [0, 0.1) is 13.8 Å². The molecule has 0 saturated heterocycles. The number of ether oxygens (including phenoxy) is 3. The molecule has 0 amide bonds. The number of benzene rings is 1. The Kier molecular flexibility index (Phi) is 9.67. The average molecular weight is 600 g/mol. The summed E-state index contributed by atoms with van der Waals surface area (Å²) >= 11 is 0. The van der Waals surface area contributed by atoms with E-state index in [4.69, 9.17) is 14.2 Å². The molecule has 0 aliphatic heterocycles. The Labute approximate surface area is 243 Å². The van der Waals surface area contributed by atoms with Crippen molar-refractivity contribution in [2.45, 2.75) is 38.2 Å². The van der Waals surface area contributed by atoms with Gasteiger partial charge in [0.2, 0.25) is 16.0 Å². The lowest BCUT2D eigenvalue weighted by atomic mass is 10.2. The fourth-order valence-electron chi connectivity index (χ4n) is 4.10. The standard InChI is InChI=1S/C27H33N7O7S/c1-16-9-19(13-28-10-16)26-31-32-27(34(26)23-21(39-4)7-6-8-22(23)40-5)33-42(37,38)18(3)24(41-15-20(36)14-35)25-29-11-17(2)12-30-25/h6-13,18,20,24,35-36H,14-15H2,1-5H3,(H,32,33)/t18-,20?,24-/m1/s1. The van der Waals surface area contributed by atoms with Crippen molar-refractivity contribution in [1.82, 2.24) is 29.7 Å². The van der Waals surface area contributed by atoms with Gasteiger partial charge >= 0.3 is 0 Å². The number of para-hydroxylation sites is 1. The van der Waals surface area contributed by atoms with E-state index in [1.807, 2.05) is 13.0 Å². The average Bonchev–Trinajstić information content (AvgIpc) is 3.39. The van der Waals surface area contributed by atoms with Gasteiger partial charge in [0.25, 0.3) is 0 Å². The van der Waals surface area contributed by atoms with E-state index in [9.17, 15) is 18.6 Å². The molecule has 4 rings (SSSR count). The van der Waals surface area contributed by atoms with E-state index in [0.717, 1.165) is 11.1 Å². The normalized spacial score (nSPS) is 13.8. The maximum Gasteiger partial charge on any atom is 0.243 e. The van der Waals surface area contributed by atoms with Crippen molar-refractivity contribution < 1.29 is 32.8 Å². The minimum atomic E-state index is -4.29. The third-order valence-electron chi connectivity index (χ3n) is 6.31. The van der Waals surface area contributed by atoms with E-state index < -0.39 is 34.1 Å². The van der Waals surface area contributed by atoms with Gasteiger partial charge in [0.15, 0.2) is 11.6 Å². The molecule has 0 aliphatic carbocycles. The van der Waals surface area contributed by atoms with Crippen LogP contribution in [0.3, 0.4) is 0 Å². The highest BCUT2D eigenvalue weighted by molar-refractivity contribution is 7.93. The summed E-state index contributed by atoms with van der Waals surface area (Å²) in [5.74, 6) is 0.955. The monoisotopic (exact) mass is 599 g/mol. The SMILES string of the molecule is COc1cccc(OC)c1-n1c(NS(=O)(=O)[C@H](C)[C@@H](OCC(O)CO)c2ncc(C)cn2)nnc1-c1cncc(C)c1. The predicted molar refractivity (Wildman–Crippen MR) is 153 cm³/mol. The summed E-state index contributed by atoms with van der Waals surface area (Å²) in [7, 11) is -1.33. The van der Waals surface area contributed by atoms with Gasteiger partial charge in [-0.05, 0) is 50.1 Å². The molecule has 1 unspecified atom stereocenters. The molecule has 4 aromatic rings. The van der Waals surface area contributed by atoms with E-state index >= 15 is 0 Å². The van der Waals surface area contributed by atoms with E-state index in [1.54, 1.807) is 37.5 Å². The Morgan fingerprint density at radius 2 is 1.67 bits per heavy atom. The smallest absolute Gasteiger partial charge is 0.243 e. The Morgan fingerprint density at radius 1 is 1.00 bits per heavy atom. The topological polar surface area (TPSA) is 184 Å². The number of aliphatic hydroxyl groups excluding tert-OH is 2. The van der Waals surface area contributed by atoms with Gasteiger partial charge in [-0.3, -0.25) is 14.3 Å². The first-order valence-electron chi connectivity index (χ1n) is 12.9. The zero-order valence-electron chi connectivity index (χ0n) is 23.8. The van der Waals surface area contributed by atoms with Crippen molar-refractivity contribution in [3.8, 4) is 28.6 Å². The number of aryl methyl sites for hydroxylation is 2. The molecule has 15 heteroatoms. The first kappa shape index (κ1) is 30.8. The fraction of sp³-hybridized carbons (Fsp3) is 0.370. The second kappa shape index (κ2) is 13.2. The highest BCUT2D eigenvalue weighted by Crippen LogP contribution is 2.38. The number of rotatable bonds is 13. The molecule has 0 radical (unpaired) electrons. The van der Waals surface area contributed by atoms with Crippen molar-refractivity contribution in [3.05, 3.63) is 66.0 Å².